The first-order valence-electron chi connectivity index (χ1n) is 32.1. The van der Waals surface area contributed by atoms with Crippen molar-refractivity contribution in [2.75, 3.05) is 32.8 Å². The van der Waals surface area contributed by atoms with Crippen molar-refractivity contribution in [3.05, 3.63) is 113 Å². The van der Waals surface area contributed by atoms with E-state index in [-0.39, 0.29) is 82.2 Å². The van der Waals surface area contributed by atoms with Crippen molar-refractivity contribution in [1.82, 2.24) is 63.4 Å². The Kier molecular flexibility index (Phi) is 29.1. The average molecular weight is 1380 g/mol. The molecule has 2 heterocycles. The first-order chi connectivity index (χ1) is 46.6. The normalized spacial score (nSPS) is 18.7. The van der Waals surface area contributed by atoms with Gasteiger partial charge in [0.05, 0.1) is 13.0 Å². The topological polar surface area (TPSA) is 488 Å². The molecule has 13 amide bonds. The number of halogens is 1. The van der Waals surface area contributed by atoms with Crippen LogP contribution in [-0.2, 0) is 81.6 Å². The summed E-state index contributed by atoms with van der Waals surface area (Å²) in [7, 11) is 0. The number of nitrogens with zero attached hydrogens (tertiary/aromatic N) is 2. The second-order valence-electron chi connectivity index (χ2n) is 24.5. The molecule has 0 saturated carbocycles. The maximum absolute atomic E-state index is 15.1. The summed E-state index contributed by atoms with van der Waals surface area (Å²) in [6, 6.07) is 10.1. The molecule has 0 radical (unpaired) electrons. The number of benzene rings is 4. The zero-order valence-corrected chi connectivity index (χ0v) is 55.6. The largest absolute Gasteiger partial charge is 0.508 e. The molecule has 2 aliphatic heterocycles. The van der Waals surface area contributed by atoms with E-state index in [0.717, 1.165) is 17.7 Å². The van der Waals surface area contributed by atoms with Crippen LogP contribution >= 0.6 is 11.6 Å². The van der Waals surface area contributed by atoms with Gasteiger partial charge in [0, 0.05) is 63.8 Å². The maximum atomic E-state index is 15.1. The molecule has 2 fully saturated rings. The van der Waals surface area contributed by atoms with Crippen LogP contribution < -0.4 is 75.7 Å². The minimum atomic E-state index is -1.89. The van der Waals surface area contributed by atoms with Gasteiger partial charge in [0.2, 0.25) is 76.8 Å². The van der Waals surface area contributed by atoms with Gasteiger partial charge in [-0.3, -0.25) is 67.3 Å². The van der Waals surface area contributed by atoms with Crippen molar-refractivity contribution in [3.63, 3.8) is 0 Å². The number of carbonyl (C=O) groups excluding carboxylic acids is 13. The van der Waals surface area contributed by atoms with Crippen molar-refractivity contribution in [3.8, 4) is 5.75 Å². The van der Waals surface area contributed by atoms with E-state index in [2.05, 4.69) is 63.5 Å². The highest BCUT2D eigenvalue weighted by Gasteiger charge is 2.40. The quantitative estimate of drug-likeness (QED) is 0.0155. The van der Waals surface area contributed by atoms with Crippen molar-refractivity contribution in [1.29, 1.82) is 0 Å². The van der Waals surface area contributed by atoms with Crippen LogP contribution in [0.5, 0.6) is 5.75 Å². The van der Waals surface area contributed by atoms with E-state index >= 15 is 9.59 Å². The fraction of sp³-hybridized carbons (Fsp3) is 0.455. The minimum Gasteiger partial charge on any atom is -0.508 e. The standard InChI is InChI=1S/C66H87ClN16O15/c1-35(2)27-46(58(91)77-45(11-7-24-72-66(69)70)65(98)83-26-8-12-53(83)64(97)74-36(3)56(68)89)78-60(93)49(31-40-13-18-41-9-5-6-10-42(41)28-40)80-59(92)48(30-39-16-21-44(86)22-17-39)81-63(96)52(34-84)82-62(95)51-33-73-57(90)47(29-38-14-19-43(67)20-15-38)79-61(94)50(75-37(4)85)32-55(88)71-25-23-54(87)76-51/h5-6,9-10,13-22,28,35-36,45-53,84,86H,7-8,11-12,23-27,29-34H2,1-4H3,(H2,68,89)(H,71,88)(H,73,90)(H,74,97)(H,75,85)(H,76,87)(H,77,91)(H,78,93)(H,79,94)(H,80,92)(H,81,96)(H,82,95)(H4,69,70,72)/t36?,45-,46+,47+,48-,49?,50?,51+,52-,53+/m0/s1. The van der Waals surface area contributed by atoms with Crippen molar-refractivity contribution < 1.29 is 72.5 Å². The fourth-order valence-electron chi connectivity index (χ4n) is 11.0. The molecule has 0 spiro atoms. The molecular weight excluding hydrogens is 1290 g/mol. The van der Waals surface area contributed by atoms with Crippen LogP contribution in [-0.4, -0.2) is 191 Å². The highest BCUT2D eigenvalue weighted by atomic mass is 35.5. The van der Waals surface area contributed by atoms with Gasteiger partial charge in [0.15, 0.2) is 5.96 Å². The van der Waals surface area contributed by atoms with Gasteiger partial charge in [-0.15, -0.1) is 0 Å². The third-order valence-electron chi connectivity index (χ3n) is 16.1. The molecule has 98 heavy (non-hydrogen) atoms. The number of primary amides is 1. The summed E-state index contributed by atoms with van der Waals surface area (Å²) in [5.41, 5.74) is 18.0. The molecule has 10 atom stereocenters. The average Bonchev–Trinajstić information content (AvgIpc) is 1.36. The SMILES string of the molecule is CC(=O)NC1CC(=O)NCCC(=O)N[C@@H](C(=O)N[C@@H](CO)C(=O)N[C@@H](Cc2ccc(O)cc2)C(=O)NC(Cc2ccc3ccccc3c2)C(=O)N[C@H](CC(C)C)C(=O)N[C@@H](CCCN=C(N)N)C(=O)N2CCC[C@@H]2C(=O)NC(C)C(N)=O)CNC(=O)[C@@H](Cc2ccc(Cl)cc2)NC1=O. The predicted octanol–water partition coefficient (Wildman–Crippen LogP) is -2.78. The number of nitrogens with two attached hydrogens (primary N) is 3. The third-order valence-corrected chi connectivity index (χ3v) is 16.4. The van der Waals surface area contributed by atoms with E-state index in [1.54, 1.807) is 44.2 Å². The Morgan fingerprint density at radius 1 is 0.673 bits per heavy atom. The molecule has 4 aromatic carbocycles. The van der Waals surface area contributed by atoms with Gasteiger partial charge in [-0.1, -0.05) is 92.2 Å². The van der Waals surface area contributed by atoms with E-state index in [4.69, 9.17) is 28.8 Å². The summed E-state index contributed by atoms with van der Waals surface area (Å²) in [4.78, 5) is 185. The second-order valence-corrected chi connectivity index (χ2v) is 24.9. The van der Waals surface area contributed by atoms with Crippen LogP contribution in [0.1, 0.15) is 89.3 Å². The highest BCUT2D eigenvalue weighted by molar-refractivity contribution is 6.30. The molecule has 32 heteroatoms. The molecule has 0 aromatic heterocycles. The van der Waals surface area contributed by atoms with Gasteiger partial charge in [-0.2, -0.15) is 0 Å². The zero-order valence-electron chi connectivity index (χ0n) is 54.8. The summed E-state index contributed by atoms with van der Waals surface area (Å²) < 4.78 is 0. The van der Waals surface area contributed by atoms with E-state index in [0.29, 0.717) is 28.1 Å². The van der Waals surface area contributed by atoms with Gasteiger partial charge in [-0.25, -0.2) is 0 Å². The molecule has 19 N–H and O–H groups in total. The highest BCUT2D eigenvalue weighted by Crippen LogP contribution is 2.22. The predicted molar refractivity (Wildman–Crippen MR) is 359 cm³/mol. The number of phenols is 1. The minimum absolute atomic E-state index is 0.00363. The summed E-state index contributed by atoms with van der Waals surface area (Å²) in [6.07, 6.45) is -0.956. The van der Waals surface area contributed by atoms with Crippen LogP contribution in [0.25, 0.3) is 10.8 Å². The van der Waals surface area contributed by atoms with Crippen LogP contribution in [0.4, 0.5) is 0 Å². The lowest BCUT2D eigenvalue weighted by atomic mass is 9.98. The monoisotopic (exact) mass is 1380 g/mol. The Hall–Kier alpha value is -10.4. The number of likely N-dealkylation sites (tertiary alicyclic amines) is 1. The maximum Gasteiger partial charge on any atom is 0.245 e. The van der Waals surface area contributed by atoms with E-state index in [1.165, 1.54) is 48.2 Å². The number of hydrogen-bond acceptors (Lipinski definition) is 16. The number of aliphatic imine (C=N–C) groups is 1. The van der Waals surface area contributed by atoms with E-state index < -0.39 is 163 Å². The molecule has 0 aliphatic carbocycles. The Bertz CT molecular complexity index is 3570. The van der Waals surface area contributed by atoms with Gasteiger partial charge in [0.25, 0.3) is 0 Å². The molecule has 2 saturated heterocycles. The van der Waals surface area contributed by atoms with Gasteiger partial charge >= 0.3 is 0 Å². The number of carbonyl (C=O) groups is 13. The molecule has 3 unspecified atom stereocenters. The summed E-state index contributed by atoms with van der Waals surface area (Å²) >= 11 is 6.10. The van der Waals surface area contributed by atoms with Gasteiger partial charge in [0.1, 0.15) is 66.2 Å². The first kappa shape index (κ1) is 76.6. The first-order valence-corrected chi connectivity index (χ1v) is 32.4. The molecule has 6 rings (SSSR count). The number of aromatic hydroxyl groups is 1. The number of hydrogen-bond donors (Lipinski definition) is 16. The fourth-order valence-corrected chi connectivity index (χ4v) is 11.1. The van der Waals surface area contributed by atoms with Crippen LogP contribution in [0, 0.1) is 5.92 Å². The molecule has 4 aromatic rings. The van der Waals surface area contributed by atoms with Crippen molar-refractivity contribution in [2.24, 2.45) is 28.1 Å². The molecule has 2 aliphatic rings. The number of amides is 13. The van der Waals surface area contributed by atoms with Crippen LogP contribution in [0.3, 0.4) is 0 Å². The lowest BCUT2D eigenvalue weighted by molar-refractivity contribution is -0.142. The Balaban J connectivity index is 1.28. The number of fused-ring (bicyclic) bond motifs is 1. The van der Waals surface area contributed by atoms with E-state index in [1.807, 2.05) is 24.3 Å². The van der Waals surface area contributed by atoms with E-state index in [9.17, 15) is 63.0 Å². The lowest BCUT2D eigenvalue weighted by Gasteiger charge is -2.31. The number of phenolic OH excluding ortho intramolecular Hbond substituents is 1. The molecule has 0 bridgehead atoms. The zero-order chi connectivity index (χ0) is 71.8. The van der Waals surface area contributed by atoms with Crippen LogP contribution in [0.2, 0.25) is 5.02 Å². The summed E-state index contributed by atoms with van der Waals surface area (Å²) in [5.74, 6) is -11.8. The smallest absolute Gasteiger partial charge is 0.245 e. The number of aliphatic hydroxyl groups is 1. The number of rotatable bonds is 28. The summed E-state index contributed by atoms with van der Waals surface area (Å²) in [5, 5.41) is 51.1. The number of nitrogens with one attached hydrogen (secondary N) is 11. The van der Waals surface area contributed by atoms with Crippen LogP contribution in [0.15, 0.2) is 96.0 Å². The summed E-state index contributed by atoms with van der Waals surface area (Å²) in [6.45, 7) is 4.15. The van der Waals surface area contributed by atoms with Crippen molar-refractivity contribution >= 4 is 105 Å². The number of guanidine groups is 1. The third kappa shape index (κ3) is 24.0. The Labute approximate surface area is 570 Å². The molecule has 528 valence electrons. The molecular formula is C66H87ClN16O15. The lowest BCUT2D eigenvalue weighted by Crippen LogP contribution is -2.62. The van der Waals surface area contributed by atoms with Gasteiger partial charge in [-0.05, 0) is 96.7 Å². The second kappa shape index (κ2) is 37.2. The Morgan fingerprint density at radius 3 is 1.91 bits per heavy atom. The van der Waals surface area contributed by atoms with Crippen molar-refractivity contribution in [2.45, 2.75) is 152 Å². The molecule has 31 nitrogen and oxygen atoms in total. The van der Waals surface area contributed by atoms with Gasteiger partial charge < -0.3 is 90.8 Å². The number of aliphatic hydroxyl groups excluding tert-OH is 1. The Morgan fingerprint density at radius 2 is 1.28 bits per heavy atom.